The largest absolute Gasteiger partial charge is 0.339 e. The number of nitrogens with zero attached hydrogens (tertiary/aromatic N) is 3. The fourth-order valence-electron chi connectivity index (χ4n) is 2.40. The molecule has 2 heterocycles. The van der Waals surface area contributed by atoms with Crippen LogP contribution in [0.2, 0.25) is 0 Å². The Hall–Kier alpha value is -2.28. The first-order chi connectivity index (χ1) is 9.75. The number of hydrogen-bond donors (Lipinski definition) is 1. The average Bonchev–Trinajstić information content (AvgIpc) is 2.98. The van der Waals surface area contributed by atoms with Gasteiger partial charge in [0.2, 0.25) is 11.7 Å². The second kappa shape index (κ2) is 5.38. The first-order valence-corrected chi connectivity index (χ1v) is 6.54. The highest BCUT2D eigenvalue weighted by molar-refractivity contribution is 5.67. The predicted octanol–water partition coefficient (Wildman–Crippen LogP) is 2.11. The Balaban J connectivity index is 1.92. The summed E-state index contributed by atoms with van der Waals surface area (Å²) in [6, 6.07) is 6.42. The standard InChI is InChI=1S/C13H14N4O3/c18-17(19)11-4-2-1-3-10(11)12-15-13(20-16-12)9-5-7-14-8-6-9/h1-4,9,14H,5-8H2. The summed E-state index contributed by atoms with van der Waals surface area (Å²) in [5, 5.41) is 18.2. The van der Waals surface area contributed by atoms with Crippen molar-refractivity contribution in [3.8, 4) is 11.4 Å². The third-order valence-electron chi connectivity index (χ3n) is 3.47. The zero-order valence-electron chi connectivity index (χ0n) is 10.8. The maximum atomic E-state index is 11.0. The van der Waals surface area contributed by atoms with Crippen molar-refractivity contribution < 1.29 is 9.45 Å². The van der Waals surface area contributed by atoms with E-state index in [1.807, 2.05) is 0 Å². The molecule has 0 saturated carbocycles. The molecule has 0 aliphatic carbocycles. The highest BCUT2D eigenvalue weighted by Gasteiger charge is 2.24. The Morgan fingerprint density at radius 2 is 2.05 bits per heavy atom. The van der Waals surface area contributed by atoms with Crippen LogP contribution < -0.4 is 5.32 Å². The van der Waals surface area contributed by atoms with Gasteiger partial charge in [-0.3, -0.25) is 10.1 Å². The monoisotopic (exact) mass is 274 g/mol. The molecule has 0 unspecified atom stereocenters. The van der Waals surface area contributed by atoms with Gasteiger partial charge in [0.1, 0.15) is 5.56 Å². The summed E-state index contributed by atoms with van der Waals surface area (Å²) < 4.78 is 5.28. The SMILES string of the molecule is O=[N+]([O-])c1ccccc1-c1noc(C2CCNCC2)n1. The number of nitro groups is 1. The number of para-hydroxylation sites is 1. The Labute approximate surface area is 115 Å². The minimum atomic E-state index is -0.435. The second-order valence-corrected chi connectivity index (χ2v) is 4.75. The number of aromatic nitrogens is 2. The van der Waals surface area contributed by atoms with E-state index in [9.17, 15) is 10.1 Å². The van der Waals surface area contributed by atoms with Gasteiger partial charge in [-0.25, -0.2) is 0 Å². The van der Waals surface area contributed by atoms with Gasteiger partial charge in [0.05, 0.1) is 4.92 Å². The van der Waals surface area contributed by atoms with Gasteiger partial charge >= 0.3 is 0 Å². The molecule has 2 aromatic rings. The lowest BCUT2D eigenvalue weighted by atomic mass is 9.98. The lowest BCUT2D eigenvalue weighted by Gasteiger charge is -2.18. The molecule has 1 aliphatic heterocycles. The molecule has 0 spiro atoms. The smallest absolute Gasteiger partial charge is 0.280 e. The third kappa shape index (κ3) is 2.39. The fraction of sp³-hybridized carbons (Fsp3) is 0.385. The summed E-state index contributed by atoms with van der Waals surface area (Å²) in [6.45, 7) is 1.85. The number of benzene rings is 1. The maximum Gasteiger partial charge on any atom is 0.280 e. The predicted molar refractivity (Wildman–Crippen MR) is 71.2 cm³/mol. The molecule has 0 atom stereocenters. The van der Waals surface area contributed by atoms with Gasteiger partial charge in [0.25, 0.3) is 5.69 Å². The Morgan fingerprint density at radius 3 is 2.80 bits per heavy atom. The van der Waals surface area contributed by atoms with Crippen molar-refractivity contribution in [3.05, 3.63) is 40.3 Å². The minimum absolute atomic E-state index is 0.00911. The number of nitrogens with one attached hydrogen (secondary N) is 1. The van der Waals surface area contributed by atoms with Crippen molar-refractivity contribution in [1.29, 1.82) is 0 Å². The van der Waals surface area contributed by atoms with Gasteiger partial charge in [-0.15, -0.1) is 0 Å². The van der Waals surface area contributed by atoms with E-state index >= 15 is 0 Å². The molecule has 7 heteroatoms. The number of hydrogen-bond acceptors (Lipinski definition) is 6. The highest BCUT2D eigenvalue weighted by atomic mass is 16.6. The van der Waals surface area contributed by atoms with Gasteiger partial charge < -0.3 is 9.84 Å². The number of piperidine rings is 1. The molecule has 7 nitrogen and oxygen atoms in total. The van der Waals surface area contributed by atoms with Gasteiger partial charge in [-0.1, -0.05) is 17.3 Å². The van der Waals surface area contributed by atoms with Crippen LogP contribution >= 0.6 is 0 Å². The molecule has 1 saturated heterocycles. The molecule has 1 fully saturated rings. The summed E-state index contributed by atoms with van der Waals surface area (Å²) >= 11 is 0. The van der Waals surface area contributed by atoms with Crippen molar-refractivity contribution >= 4 is 5.69 Å². The zero-order valence-corrected chi connectivity index (χ0v) is 10.8. The van der Waals surface area contributed by atoms with Gasteiger partial charge in [-0.05, 0) is 32.0 Å². The summed E-state index contributed by atoms with van der Waals surface area (Å²) in [4.78, 5) is 14.9. The van der Waals surface area contributed by atoms with Crippen molar-refractivity contribution in [3.63, 3.8) is 0 Å². The van der Waals surface area contributed by atoms with E-state index in [1.54, 1.807) is 18.2 Å². The van der Waals surface area contributed by atoms with Crippen LogP contribution in [0.25, 0.3) is 11.4 Å². The summed E-state index contributed by atoms with van der Waals surface area (Å²) in [6.07, 6.45) is 1.89. The van der Waals surface area contributed by atoms with Crippen LogP contribution in [0.3, 0.4) is 0 Å². The van der Waals surface area contributed by atoms with Crippen molar-refractivity contribution in [2.24, 2.45) is 0 Å². The molecular formula is C13H14N4O3. The first kappa shape index (κ1) is 12.7. The van der Waals surface area contributed by atoms with Crippen molar-refractivity contribution in [2.75, 3.05) is 13.1 Å². The molecule has 3 rings (SSSR count). The van der Waals surface area contributed by atoms with E-state index in [0.29, 0.717) is 11.5 Å². The molecule has 104 valence electrons. The van der Waals surface area contributed by atoms with Crippen LogP contribution in [-0.4, -0.2) is 28.2 Å². The number of rotatable bonds is 3. The third-order valence-corrected chi connectivity index (χ3v) is 3.47. The van der Waals surface area contributed by atoms with Gasteiger partial charge in [-0.2, -0.15) is 4.98 Å². The van der Waals surface area contributed by atoms with E-state index in [1.165, 1.54) is 6.07 Å². The molecular weight excluding hydrogens is 260 g/mol. The topological polar surface area (TPSA) is 94.1 Å². The lowest BCUT2D eigenvalue weighted by molar-refractivity contribution is -0.384. The van der Waals surface area contributed by atoms with Crippen LogP contribution in [0.1, 0.15) is 24.7 Å². The van der Waals surface area contributed by atoms with E-state index < -0.39 is 4.92 Å². The van der Waals surface area contributed by atoms with E-state index in [4.69, 9.17) is 4.52 Å². The fourth-order valence-corrected chi connectivity index (χ4v) is 2.40. The normalized spacial score (nSPS) is 16.2. The molecule has 0 amide bonds. The Kier molecular flexibility index (Phi) is 3.42. The van der Waals surface area contributed by atoms with Gasteiger partial charge in [0, 0.05) is 12.0 Å². The van der Waals surface area contributed by atoms with Crippen LogP contribution in [0.15, 0.2) is 28.8 Å². The molecule has 1 aromatic heterocycles. The average molecular weight is 274 g/mol. The first-order valence-electron chi connectivity index (χ1n) is 6.54. The molecule has 20 heavy (non-hydrogen) atoms. The maximum absolute atomic E-state index is 11.0. The minimum Gasteiger partial charge on any atom is -0.339 e. The Morgan fingerprint density at radius 1 is 1.30 bits per heavy atom. The second-order valence-electron chi connectivity index (χ2n) is 4.75. The van der Waals surface area contributed by atoms with Crippen LogP contribution in [0, 0.1) is 10.1 Å². The lowest BCUT2D eigenvalue weighted by Crippen LogP contribution is -2.26. The molecule has 0 bridgehead atoms. The Bertz CT molecular complexity index is 620. The van der Waals surface area contributed by atoms with Crippen LogP contribution in [-0.2, 0) is 0 Å². The van der Waals surface area contributed by atoms with E-state index in [-0.39, 0.29) is 17.4 Å². The van der Waals surface area contributed by atoms with E-state index in [0.717, 1.165) is 25.9 Å². The summed E-state index contributed by atoms with van der Waals surface area (Å²) in [5.41, 5.74) is 0.381. The van der Waals surface area contributed by atoms with E-state index in [2.05, 4.69) is 15.5 Å². The number of nitro benzene ring substituents is 1. The highest BCUT2D eigenvalue weighted by Crippen LogP contribution is 2.30. The zero-order chi connectivity index (χ0) is 13.9. The van der Waals surface area contributed by atoms with Gasteiger partial charge in [0.15, 0.2) is 0 Å². The van der Waals surface area contributed by atoms with Crippen LogP contribution in [0.5, 0.6) is 0 Å². The molecule has 1 N–H and O–H groups in total. The molecule has 1 aromatic carbocycles. The van der Waals surface area contributed by atoms with Crippen LogP contribution in [0.4, 0.5) is 5.69 Å². The quantitative estimate of drug-likeness (QED) is 0.680. The van der Waals surface area contributed by atoms with Crippen molar-refractivity contribution in [1.82, 2.24) is 15.5 Å². The summed E-state index contributed by atoms with van der Waals surface area (Å²) in [7, 11) is 0. The summed E-state index contributed by atoms with van der Waals surface area (Å²) in [5.74, 6) is 1.09. The molecule has 0 radical (unpaired) electrons. The molecule has 1 aliphatic rings. The van der Waals surface area contributed by atoms with Crippen molar-refractivity contribution in [2.45, 2.75) is 18.8 Å².